The highest BCUT2D eigenvalue weighted by atomic mass is 79.9. The molecule has 0 aliphatic heterocycles. The molecule has 2 N–H and O–H groups in total. The quantitative estimate of drug-likeness (QED) is 0.439. The van der Waals surface area contributed by atoms with Gasteiger partial charge in [-0.05, 0) is 62.3 Å². The number of benzene rings is 1. The van der Waals surface area contributed by atoms with Crippen LogP contribution in [0.4, 0.5) is 0 Å². The third-order valence-corrected chi connectivity index (χ3v) is 4.82. The predicted octanol–water partition coefficient (Wildman–Crippen LogP) is 4.26. The van der Waals surface area contributed by atoms with E-state index in [0.717, 1.165) is 26.3 Å². The fraction of sp³-hybridized carbons (Fsp3) is 0.200. The summed E-state index contributed by atoms with van der Waals surface area (Å²) in [5.74, 6) is 2.94. The van der Waals surface area contributed by atoms with E-state index < -0.39 is 0 Å². The number of aromatic amines is 2. The van der Waals surface area contributed by atoms with Crippen LogP contribution in [-0.4, -0.2) is 21.1 Å². The molecule has 4 nitrogen and oxygen atoms in total. The van der Waals surface area contributed by atoms with E-state index in [1.165, 1.54) is 0 Å². The molecule has 0 atom stereocenters. The smallest absolute Gasteiger partial charge is 0.192 e. The van der Waals surface area contributed by atoms with Crippen molar-refractivity contribution >= 4 is 55.8 Å². The Bertz CT molecular complexity index is 584. The van der Waals surface area contributed by atoms with Gasteiger partial charge in [0.15, 0.2) is 4.77 Å². The summed E-state index contributed by atoms with van der Waals surface area (Å²) in [6.07, 6.45) is 0. The zero-order valence-electron chi connectivity index (χ0n) is 9.07. The van der Waals surface area contributed by atoms with Gasteiger partial charge in [0.1, 0.15) is 17.5 Å². The third-order valence-electron chi connectivity index (χ3n) is 1.99. The van der Waals surface area contributed by atoms with Crippen LogP contribution in [0.25, 0.3) is 0 Å². The van der Waals surface area contributed by atoms with Crippen LogP contribution < -0.4 is 4.74 Å². The van der Waals surface area contributed by atoms with Gasteiger partial charge in [-0.2, -0.15) is 5.10 Å². The fourth-order valence-corrected chi connectivity index (χ4v) is 2.59. The van der Waals surface area contributed by atoms with Gasteiger partial charge in [0.05, 0.1) is 5.75 Å². The minimum atomic E-state index is 0.545. The van der Waals surface area contributed by atoms with E-state index in [1.54, 1.807) is 11.8 Å². The molecule has 1 aromatic heterocycles. The summed E-state index contributed by atoms with van der Waals surface area (Å²) in [5, 5.41) is 6.70. The van der Waals surface area contributed by atoms with Crippen molar-refractivity contribution in [2.45, 2.75) is 5.75 Å². The Balaban J connectivity index is 1.78. The molecule has 0 saturated heterocycles. The van der Waals surface area contributed by atoms with Crippen molar-refractivity contribution in [2.75, 3.05) is 5.94 Å². The summed E-state index contributed by atoms with van der Waals surface area (Å²) in [6, 6.07) is 5.78. The number of halogens is 2. The van der Waals surface area contributed by atoms with Crippen molar-refractivity contribution in [3.8, 4) is 5.75 Å². The van der Waals surface area contributed by atoms with Crippen molar-refractivity contribution in [2.24, 2.45) is 0 Å². The number of thioether (sulfide) groups is 1. The Morgan fingerprint density at radius 2 is 2.17 bits per heavy atom. The first-order chi connectivity index (χ1) is 8.65. The van der Waals surface area contributed by atoms with Gasteiger partial charge in [-0.25, -0.2) is 0 Å². The van der Waals surface area contributed by atoms with Crippen LogP contribution in [0, 0.1) is 4.77 Å². The van der Waals surface area contributed by atoms with Gasteiger partial charge in [0, 0.05) is 8.95 Å². The van der Waals surface area contributed by atoms with Gasteiger partial charge >= 0.3 is 0 Å². The highest BCUT2D eigenvalue weighted by Gasteiger charge is 2.01. The number of nitrogens with one attached hydrogen (secondary N) is 2. The summed E-state index contributed by atoms with van der Waals surface area (Å²) < 4.78 is 8.13. The molecule has 0 spiro atoms. The zero-order chi connectivity index (χ0) is 13.0. The van der Waals surface area contributed by atoms with E-state index >= 15 is 0 Å². The van der Waals surface area contributed by atoms with Gasteiger partial charge < -0.3 is 9.72 Å². The van der Waals surface area contributed by atoms with Gasteiger partial charge in [0.2, 0.25) is 0 Å². The Morgan fingerprint density at radius 1 is 1.33 bits per heavy atom. The summed E-state index contributed by atoms with van der Waals surface area (Å²) >= 11 is 13.3. The lowest BCUT2D eigenvalue weighted by atomic mass is 10.3. The fourth-order valence-electron chi connectivity index (χ4n) is 1.19. The molecule has 0 unspecified atom stereocenters. The maximum atomic E-state index is 5.60. The van der Waals surface area contributed by atoms with E-state index in [2.05, 4.69) is 47.0 Å². The molecule has 0 radical (unpaired) electrons. The second-order valence-corrected chi connectivity index (χ2v) is 6.36. The molecular weight excluding hydrogens is 402 g/mol. The molecule has 8 heteroatoms. The normalized spacial score (nSPS) is 10.6. The first-order valence-corrected chi connectivity index (χ1v) is 8.09. The van der Waals surface area contributed by atoms with Crippen molar-refractivity contribution in [3.05, 3.63) is 37.7 Å². The topological polar surface area (TPSA) is 53.7 Å². The third kappa shape index (κ3) is 4.11. The minimum absolute atomic E-state index is 0.545. The maximum Gasteiger partial charge on any atom is 0.192 e. The number of aromatic nitrogens is 3. The van der Waals surface area contributed by atoms with Gasteiger partial charge in [-0.15, -0.1) is 11.8 Å². The maximum absolute atomic E-state index is 5.60. The Hall–Kier alpha value is -0.310. The summed E-state index contributed by atoms with van der Waals surface area (Å²) in [4.78, 5) is 2.95. The van der Waals surface area contributed by atoms with E-state index in [0.29, 0.717) is 10.7 Å². The Labute approximate surface area is 130 Å². The van der Waals surface area contributed by atoms with Crippen LogP contribution in [0.3, 0.4) is 0 Å². The lowest BCUT2D eigenvalue weighted by Gasteiger charge is -2.06. The van der Waals surface area contributed by atoms with Crippen LogP contribution in [0.15, 0.2) is 27.1 Å². The average Bonchev–Trinajstić information content (AvgIpc) is 2.75. The minimum Gasteiger partial charge on any atom is -0.483 e. The van der Waals surface area contributed by atoms with Gasteiger partial charge in [0.25, 0.3) is 0 Å². The molecule has 18 heavy (non-hydrogen) atoms. The number of hydrogen-bond donors (Lipinski definition) is 2. The number of rotatable bonds is 5. The van der Waals surface area contributed by atoms with E-state index in [1.807, 2.05) is 18.2 Å². The van der Waals surface area contributed by atoms with Crippen LogP contribution >= 0.6 is 55.8 Å². The van der Waals surface area contributed by atoms with E-state index in [-0.39, 0.29) is 0 Å². The van der Waals surface area contributed by atoms with Crippen molar-refractivity contribution in [3.63, 3.8) is 0 Å². The molecule has 0 saturated carbocycles. The second-order valence-electron chi connectivity index (χ2n) is 3.31. The summed E-state index contributed by atoms with van der Waals surface area (Å²) in [5.41, 5.74) is 0. The summed E-state index contributed by atoms with van der Waals surface area (Å²) in [6.45, 7) is 0. The lowest BCUT2D eigenvalue weighted by Crippen LogP contribution is -1.94. The number of H-pyrrole nitrogens is 2. The first-order valence-electron chi connectivity index (χ1n) is 4.94. The largest absolute Gasteiger partial charge is 0.483 e. The van der Waals surface area contributed by atoms with Crippen molar-refractivity contribution in [1.29, 1.82) is 0 Å². The highest BCUT2D eigenvalue weighted by molar-refractivity contribution is 9.13. The van der Waals surface area contributed by atoms with Gasteiger partial charge in [-0.1, -0.05) is 0 Å². The lowest BCUT2D eigenvalue weighted by molar-refractivity contribution is 0.392. The van der Waals surface area contributed by atoms with Crippen molar-refractivity contribution in [1.82, 2.24) is 15.2 Å². The molecule has 2 rings (SSSR count). The molecule has 0 aliphatic rings. The Kier molecular flexibility index (Phi) is 5.28. The molecule has 1 heterocycles. The molecule has 0 fully saturated rings. The standard InChI is InChI=1S/C10H9Br2N3OS2/c11-7-2-1-6(3-8(7)12)16-5-18-4-9-13-10(17)15-14-9/h1-3H,4-5H2,(H2,13,14,15,17). The second kappa shape index (κ2) is 6.74. The molecule has 2 aromatic rings. The molecule has 0 amide bonds. The first kappa shape index (κ1) is 14.1. The number of hydrogen-bond acceptors (Lipinski definition) is 4. The molecular formula is C10H9Br2N3OS2. The van der Waals surface area contributed by atoms with Crippen molar-refractivity contribution < 1.29 is 4.74 Å². The predicted molar refractivity (Wildman–Crippen MR) is 82.4 cm³/mol. The molecule has 1 aromatic carbocycles. The molecule has 96 valence electrons. The molecule has 0 bridgehead atoms. The average molecular weight is 411 g/mol. The summed E-state index contributed by atoms with van der Waals surface area (Å²) in [7, 11) is 0. The van der Waals surface area contributed by atoms with Crippen LogP contribution in [0.5, 0.6) is 5.75 Å². The van der Waals surface area contributed by atoms with Crippen LogP contribution in [0.2, 0.25) is 0 Å². The van der Waals surface area contributed by atoms with Crippen LogP contribution in [-0.2, 0) is 5.75 Å². The van der Waals surface area contributed by atoms with E-state index in [4.69, 9.17) is 17.0 Å². The number of ether oxygens (including phenoxy) is 1. The monoisotopic (exact) mass is 409 g/mol. The number of nitrogens with zero attached hydrogens (tertiary/aromatic N) is 1. The zero-order valence-corrected chi connectivity index (χ0v) is 13.9. The SMILES string of the molecule is S=c1[nH]nc(CSCOc2ccc(Br)c(Br)c2)[nH]1. The Morgan fingerprint density at radius 3 is 2.83 bits per heavy atom. The highest BCUT2D eigenvalue weighted by Crippen LogP contribution is 2.27. The molecule has 0 aliphatic carbocycles. The van der Waals surface area contributed by atoms with Gasteiger partial charge in [-0.3, -0.25) is 5.10 Å². The van der Waals surface area contributed by atoms with E-state index in [9.17, 15) is 0 Å². The van der Waals surface area contributed by atoms with Crippen LogP contribution in [0.1, 0.15) is 5.82 Å².